The third-order valence-corrected chi connectivity index (χ3v) is 8.33. The maximum absolute atomic E-state index is 12.7. The molecule has 1 amide bonds. The second-order valence-electron chi connectivity index (χ2n) is 6.94. The molecule has 1 saturated heterocycles. The molecule has 31 heavy (non-hydrogen) atoms. The minimum Gasteiger partial charge on any atom is -0.497 e. The maximum Gasteiger partial charge on any atom is 0.244 e. The molecule has 0 spiro atoms. The number of aromatic nitrogens is 1. The number of hydrogen-bond donors (Lipinski definition) is 1. The summed E-state index contributed by atoms with van der Waals surface area (Å²) in [7, 11) is -6.12. The highest BCUT2D eigenvalue weighted by atomic mass is 32.2. The van der Waals surface area contributed by atoms with E-state index < -0.39 is 32.0 Å². The molecular weight excluding hydrogens is 444 g/mol. The number of hydrogen-bond acceptors (Lipinski definition) is 7. The number of ether oxygens (including phenoxy) is 1. The Morgan fingerprint density at radius 2 is 1.68 bits per heavy atom. The highest BCUT2D eigenvalue weighted by Gasteiger charge is 2.32. The molecule has 1 fully saturated rings. The Hall–Kier alpha value is -2.54. The van der Waals surface area contributed by atoms with Crippen LogP contribution in [-0.4, -0.2) is 76.3 Å². The van der Waals surface area contributed by atoms with Crippen LogP contribution < -0.4 is 9.46 Å². The molecule has 1 aromatic carbocycles. The Balaban J connectivity index is 1.61. The highest BCUT2D eigenvalue weighted by molar-refractivity contribution is 7.89. The van der Waals surface area contributed by atoms with Gasteiger partial charge in [-0.1, -0.05) is 0 Å². The smallest absolute Gasteiger partial charge is 0.244 e. The monoisotopic (exact) mass is 468 g/mol. The van der Waals surface area contributed by atoms with Crippen molar-refractivity contribution in [2.24, 2.45) is 0 Å². The predicted octanol–water partition coefficient (Wildman–Crippen LogP) is 0.290. The summed E-state index contributed by atoms with van der Waals surface area (Å²) in [5.41, 5.74) is 0. The highest BCUT2D eigenvalue weighted by Crippen LogP contribution is 2.18. The van der Waals surface area contributed by atoms with E-state index in [1.807, 2.05) is 0 Å². The largest absolute Gasteiger partial charge is 0.497 e. The third-order valence-electron chi connectivity index (χ3n) is 4.89. The van der Waals surface area contributed by atoms with E-state index in [9.17, 15) is 21.6 Å². The summed E-state index contributed by atoms with van der Waals surface area (Å²) >= 11 is 0. The van der Waals surface area contributed by atoms with Gasteiger partial charge >= 0.3 is 0 Å². The van der Waals surface area contributed by atoms with Crippen molar-refractivity contribution in [1.29, 1.82) is 0 Å². The lowest BCUT2D eigenvalue weighted by Gasteiger charge is -2.35. The number of methoxy groups -OCH3 is 1. The molecule has 1 atom stereocenters. The zero-order valence-electron chi connectivity index (χ0n) is 17.1. The number of pyridine rings is 1. The lowest BCUT2D eigenvalue weighted by Crippen LogP contribution is -2.55. The first-order valence-electron chi connectivity index (χ1n) is 9.50. The summed E-state index contributed by atoms with van der Waals surface area (Å²) in [5, 5.41) is 0. The summed E-state index contributed by atoms with van der Waals surface area (Å²) in [6.07, 6.45) is 2.77. The van der Waals surface area contributed by atoms with E-state index >= 15 is 0 Å². The number of nitrogens with zero attached hydrogens (tertiary/aromatic N) is 3. The van der Waals surface area contributed by atoms with E-state index in [0.717, 1.165) is 0 Å². The molecule has 0 bridgehead atoms. The van der Waals surface area contributed by atoms with Gasteiger partial charge in [0.15, 0.2) is 0 Å². The van der Waals surface area contributed by atoms with Crippen LogP contribution in [0.2, 0.25) is 0 Å². The fraction of sp³-hybridized carbons (Fsp3) is 0.368. The molecule has 1 aliphatic rings. The van der Waals surface area contributed by atoms with Crippen LogP contribution in [-0.2, 0) is 24.8 Å². The van der Waals surface area contributed by atoms with Gasteiger partial charge in [-0.15, -0.1) is 0 Å². The number of amides is 1. The van der Waals surface area contributed by atoms with E-state index in [0.29, 0.717) is 5.75 Å². The second-order valence-corrected chi connectivity index (χ2v) is 10.6. The van der Waals surface area contributed by atoms with Gasteiger partial charge < -0.3 is 9.64 Å². The molecule has 0 unspecified atom stereocenters. The first-order chi connectivity index (χ1) is 14.6. The van der Waals surface area contributed by atoms with Gasteiger partial charge in [0.05, 0.1) is 18.0 Å². The fourth-order valence-electron chi connectivity index (χ4n) is 3.18. The van der Waals surface area contributed by atoms with Crippen LogP contribution >= 0.6 is 0 Å². The number of nitrogens with one attached hydrogen (secondary N) is 1. The van der Waals surface area contributed by atoms with Crippen molar-refractivity contribution in [1.82, 2.24) is 18.9 Å². The van der Waals surface area contributed by atoms with Crippen molar-refractivity contribution in [2.45, 2.75) is 22.8 Å². The van der Waals surface area contributed by atoms with Crippen molar-refractivity contribution >= 4 is 26.0 Å². The molecule has 0 radical (unpaired) electrons. The topological polar surface area (TPSA) is 126 Å². The van der Waals surface area contributed by atoms with Gasteiger partial charge in [0.1, 0.15) is 10.6 Å². The van der Waals surface area contributed by atoms with Crippen molar-refractivity contribution in [3.05, 3.63) is 48.8 Å². The van der Waals surface area contributed by atoms with E-state index in [4.69, 9.17) is 4.74 Å². The SMILES string of the molecule is COc1ccc(S(=O)(=O)N[C@@H](C)C(=O)N2CCN(S(=O)(=O)c3cccnc3)CC2)cc1. The minimum atomic E-state index is -3.90. The standard InChI is InChI=1S/C19H24N4O6S2/c1-15(21-30(25,26)17-7-5-16(29-2)6-8-17)19(24)22-10-12-23(13-11-22)31(27,28)18-4-3-9-20-14-18/h3-9,14-15,21H,10-13H2,1-2H3/t15-/m0/s1. The zero-order valence-corrected chi connectivity index (χ0v) is 18.8. The second kappa shape index (κ2) is 9.30. The van der Waals surface area contributed by atoms with Crippen molar-refractivity contribution in [2.75, 3.05) is 33.3 Å². The maximum atomic E-state index is 12.7. The normalized spacial score (nSPS) is 16.6. The first kappa shape index (κ1) is 23.1. The summed E-state index contributed by atoms with van der Waals surface area (Å²) < 4.78 is 59.1. The van der Waals surface area contributed by atoms with Crippen LogP contribution in [0, 0.1) is 0 Å². The number of benzene rings is 1. The number of piperazine rings is 1. The van der Waals surface area contributed by atoms with Crippen LogP contribution in [0.15, 0.2) is 58.6 Å². The van der Waals surface area contributed by atoms with E-state index in [1.165, 1.54) is 66.0 Å². The quantitative estimate of drug-likeness (QED) is 0.619. The van der Waals surface area contributed by atoms with Crippen molar-refractivity contribution < 1.29 is 26.4 Å². The van der Waals surface area contributed by atoms with Crippen LogP contribution in [0.1, 0.15) is 6.92 Å². The van der Waals surface area contributed by atoms with Gasteiger partial charge in [-0.3, -0.25) is 9.78 Å². The Labute approximate surface area is 181 Å². The van der Waals surface area contributed by atoms with Gasteiger partial charge in [0.2, 0.25) is 26.0 Å². The minimum absolute atomic E-state index is 0.0142. The van der Waals surface area contributed by atoms with Gasteiger partial charge in [0.25, 0.3) is 0 Å². The summed E-state index contributed by atoms with van der Waals surface area (Å²) in [6.45, 7) is 2.00. The van der Waals surface area contributed by atoms with Gasteiger partial charge in [-0.25, -0.2) is 16.8 Å². The Bertz CT molecular complexity index is 1110. The van der Waals surface area contributed by atoms with E-state index in [2.05, 4.69) is 9.71 Å². The molecule has 12 heteroatoms. The summed E-state index contributed by atoms with van der Waals surface area (Å²) in [6, 6.07) is 7.82. The number of carbonyl (C=O) groups excluding carboxylic acids is 1. The molecule has 10 nitrogen and oxygen atoms in total. The lowest BCUT2D eigenvalue weighted by atomic mass is 10.2. The zero-order chi connectivity index (χ0) is 22.6. The fourth-order valence-corrected chi connectivity index (χ4v) is 5.76. The van der Waals surface area contributed by atoms with Crippen LogP contribution in [0.25, 0.3) is 0 Å². The first-order valence-corrected chi connectivity index (χ1v) is 12.4. The Morgan fingerprint density at radius 3 is 2.23 bits per heavy atom. The molecule has 3 rings (SSSR count). The van der Waals surface area contributed by atoms with Crippen molar-refractivity contribution in [3.8, 4) is 5.75 Å². The molecule has 2 aromatic rings. The molecule has 1 N–H and O–H groups in total. The molecule has 1 aromatic heterocycles. The van der Waals surface area contributed by atoms with Gasteiger partial charge in [-0.2, -0.15) is 9.03 Å². The Morgan fingerprint density at radius 1 is 1.03 bits per heavy atom. The molecule has 168 valence electrons. The average molecular weight is 469 g/mol. The molecule has 1 aliphatic heterocycles. The van der Waals surface area contributed by atoms with Gasteiger partial charge in [-0.05, 0) is 43.3 Å². The van der Waals surface area contributed by atoms with Crippen LogP contribution in [0.3, 0.4) is 0 Å². The number of rotatable bonds is 7. The van der Waals surface area contributed by atoms with Gasteiger partial charge in [0, 0.05) is 38.6 Å². The average Bonchev–Trinajstić information content (AvgIpc) is 2.79. The lowest BCUT2D eigenvalue weighted by molar-refractivity contribution is -0.133. The molecular formula is C19H24N4O6S2. The Kier molecular flexibility index (Phi) is 6.94. The molecule has 0 saturated carbocycles. The summed E-state index contributed by atoms with van der Waals surface area (Å²) in [5.74, 6) is 0.0951. The van der Waals surface area contributed by atoms with Crippen LogP contribution in [0.5, 0.6) is 5.75 Å². The third kappa shape index (κ3) is 5.21. The summed E-state index contributed by atoms with van der Waals surface area (Å²) in [4.78, 5) is 18.1. The number of carbonyl (C=O) groups is 1. The van der Waals surface area contributed by atoms with E-state index in [-0.39, 0.29) is 36.0 Å². The van der Waals surface area contributed by atoms with Crippen molar-refractivity contribution in [3.63, 3.8) is 0 Å². The molecule has 2 heterocycles. The van der Waals surface area contributed by atoms with E-state index in [1.54, 1.807) is 6.07 Å². The van der Waals surface area contributed by atoms with Crippen LogP contribution in [0.4, 0.5) is 0 Å². The molecule has 0 aliphatic carbocycles. The number of sulfonamides is 2. The predicted molar refractivity (Wildman–Crippen MR) is 112 cm³/mol.